The van der Waals surface area contributed by atoms with Crippen LogP contribution in [0.5, 0.6) is 0 Å². The molecule has 0 amide bonds. The standard InChI is InChI=1S/C15H21N5S.ClH/c1-11-3-2-4-14(19-11)17-7-12-5-6-20(9-12)10-13-8-18-15(16)21-13;/h2-4,8,12H,5-7,9-10H2,1H3,(H2,16,18)(H,17,19);1H. The smallest absolute Gasteiger partial charge is 0.180 e. The van der Waals surface area contributed by atoms with Gasteiger partial charge in [-0.1, -0.05) is 6.07 Å². The predicted octanol–water partition coefficient (Wildman–Crippen LogP) is 2.78. The summed E-state index contributed by atoms with van der Waals surface area (Å²) in [4.78, 5) is 12.3. The maximum absolute atomic E-state index is 5.68. The van der Waals surface area contributed by atoms with E-state index in [0.29, 0.717) is 11.0 Å². The Hall–Kier alpha value is -1.37. The Kier molecular flexibility index (Phi) is 5.99. The third kappa shape index (κ3) is 4.56. The number of halogens is 1. The fraction of sp³-hybridized carbons (Fsp3) is 0.467. The summed E-state index contributed by atoms with van der Waals surface area (Å²) in [5, 5.41) is 4.11. The van der Waals surface area contributed by atoms with Gasteiger partial charge in [-0.2, -0.15) is 0 Å². The second-order valence-corrected chi connectivity index (χ2v) is 6.75. The van der Waals surface area contributed by atoms with E-state index in [9.17, 15) is 0 Å². The summed E-state index contributed by atoms with van der Waals surface area (Å²) in [5.74, 6) is 1.65. The van der Waals surface area contributed by atoms with Gasteiger partial charge in [0, 0.05) is 36.4 Å². The maximum Gasteiger partial charge on any atom is 0.180 e. The van der Waals surface area contributed by atoms with Crippen LogP contribution in [-0.4, -0.2) is 34.5 Å². The molecule has 120 valence electrons. The number of nitrogens with two attached hydrogens (primary N) is 1. The zero-order valence-corrected chi connectivity index (χ0v) is 14.3. The molecular formula is C15H22ClN5S. The average molecular weight is 340 g/mol. The molecular weight excluding hydrogens is 318 g/mol. The van der Waals surface area contributed by atoms with E-state index in [1.165, 1.54) is 11.3 Å². The topological polar surface area (TPSA) is 67.1 Å². The summed E-state index contributed by atoms with van der Waals surface area (Å²) in [6.45, 7) is 6.23. The van der Waals surface area contributed by atoms with Crippen LogP contribution in [0.25, 0.3) is 0 Å². The first kappa shape index (κ1) is 17.0. The van der Waals surface area contributed by atoms with E-state index in [2.05, 4.69) is 20.2 Å². The number of rotatable bonds is 5. The molecule has 3 N–H and O–H groups in total. The van der Waals surface area contributed by atoms with Crippen molar-refractivity contribution in [1.82, 2.24) is 14.9 Å². The Bertz CT molecular complexity index is 603. The molecule has 3 heterocycles. The normalized spacial score (nSPS) is 18.1. The van der Waals surface area contributed by atoms with E-state index in [-0.39, 0.29) is 12.4 Å². The largest absolute Gasteiger partial charge is 0.375 e. The zero-order valence-electron chi connectivity index (χ0n) is 12.7. The lowest BCUT2D eigenvalue weighted by Gasteiger charge is -2.15. The van der Waals surface area contributed by atoms with Gasteiger partial charge in [-0.25, -0.2) is 9.97 Å². The minimum Gasteiger partial charge on any atom is -0.375 e. The van der Waals surface area contributed by atoms with Crippen LogP contribution in [0.15, 0.2) is 24.4 Å². The molecule has 7 heteroatoms. The van der Waals surface area contributed by atoms with E-state index in [1.807, 2.05) is 31.3 Å². The summed E-state index contributed by atoms with van der Waals surface area (Å²) in [5.41, 5.74) is 6.73. The van der Waals surface area contributed by atoms with Crippen molar-refractivity contribution in [2.75, 3.05) is 30.7 Å². The number of likely N-dealkylation sites (tertiary alicyclic amines) is 1. The molecule has 1 fully saturated rings. The van der Waals surface area contributed by atoms with Crippen LogP contribution in [0.2, 0.25) is 0 Å². The second kappa shape index (κ2) is 7.76. The molecule has 1 unspecified atom stereocenters. The predicted molar refractivity (Wildman–Crippen MR) is 94.6 cm³/mol. The van der Waals surface area contributed by atoms with Crippen molar-refractivity contribution in [1.29, 1.82) is 0 Å². The summed E-state index contributed by atoms with van der Waals surface area (Å²) in [7, 11) is 0. The van der Waals surface area contributed by atoms with Crippen LogP contribution >= 0.6 is 23.7 Å². The summed E-state index contributed by atoms with van der Waals surface area (Å²) < 4.78 is 0. The van der Waals surface area contributed by atoms with Gasteiger partial charge in [0.15, 0.2) is 5.13 Å². The quantitative estimate of drug-likeness (QED) is 0.876. The molecule has 5 nitrogen and oxygen atoms in total. The highest BCUT2D eigenvalue weighted by Crippen LogP contribution is 2.22. The molecule has 1 saturated heterocycles. The summed E-state index contributed by atoms with van der Waals surface area (Å²) in [6, 6.07) is 6.09. The highest BCUT2D eigenvalue weighted by atomic mass is 35.5. The lowest BCUT2D eigenvalue weighted by Crippen LogP contribution is -2.22. The summed E-state index contributed by atoms with van der Waals surface area (Å²) >= 11 is 1.59. The zero-order chi connectivity index (χ0) is 14.7. The van der Waals surface area contributed by atoms with Crippen LogP contribution in [0.4, 0.5) is 10.9 Å². The summed E-state index contributed by atoms with van der Waals surface area (Å²) in [6.07, 6.45) is 3.12. The molecule has 2 aromatic heterocycles. The Labute approximate surface area is 141 Å². The van der Waals surface area contributed by atoms with Gasteiger partial charge in [-0.05, 0) is 37.9 Å². The number of nitrogens with zero attached hydrogens (tertiary/aromatic N) is 3. The van der Waals surface area contributed by atoms with Crippen LogP contribution in [0.1, 0.15) is 17.0 Å². The number of thiazole rings is 1. The van der Waals surface area contributed by atoms with Crippen molar-refractivity contribution < 1.29 is 0 Å². The molecule has 0 bridgehead atoms. The van der Waals surface area contributed by atoms with Crippen molar-refractivity contribution in [2.45, 2.75) is 19.9 Å². The second-order valence-electron chi connectivity index (χ2n) is 5.60. The number of nitrogen functional groups attached to an aromatic ring is 1. The van der Waals surface area contributed by atoms with Crippen LogP contribution in [0, 0.1) is 12.8 Å². The van der Waals surface area contributed by atoms with Crippen molar-refractivity contribution in [3.05, 3.63) is 35.0 Å². The van der Waals surface area contributed by atoms with Gasteiger partial charge in [-0.3, -0.25) is 4.90 Å². The number of pyridine rings is 1. The third-order valence-corrected chi connectivity index (χ3v) is 4.59. The molecule has 0 saturated carbocycles. The van der Waals surface area contributed by atoms with E-state index in [4.69, 9.17) is 5.73 Å². The van der Waals surface area contributed by atoms with Gasteiger partial charge in [0.05, 0.1) is 0 Å². The van der Waals surface area contributed by atoms with Crippen molar-refractivity contribution >= 4 is 34.7 Å². The SMILES string of the molecule is Cc1cccc(NCC2CCN(Cc3cnc(N)s3)C2)n1.Cl. The van der Waals surface area contributed by atoms with Crippen LogP contribution < -0.4 is 11.1 Å². The molecule has 22 heavy (non-hydrogen) atoms. The monoisotopic (exact) mass is 339 g/mol. The number of hydrogen-bond acceptors (Lipinski definition) is 6. The van der Waals surface area contributed by atoms with Gasteiger partial charge >= 0.3 is 0 Å². The first-order valence-electron chi connectivity index (χ1n) is 7.29. The molecule has 0 aromatic carbocycles. The van der Waals surface area contributed by atoms with Gasteiger partial charge in [-0.15, -0.1) is 23.7 Å². The number of aromatic nitrogens is 2. The molecule has 1 aliphatic rings. The molecule has 2 aromatic rings. The molecule has 1 atom stereocenters. The van der Waals surface area contributed by atoms with Crippen LogP contribution in [-0.2, 0) is 6.54 Å². The van der Waals surface area contributed by atoms with E-state index in [1.54, 1.807) is 11.3 Å². The third-order valence-electron chi connectivity index (χ3n) is 3.78. The Balaban J connectivity index is 0.00000176. The highest BCUT2D eigenvalue weighted by molar-refractivity contribution is 7.15. The number of anilines is 2. The Morgan fingerprint density at radius 3 is 3.05 bits per heavy atom. The van der Waals surface area contributed by atoms with Gasteiger partial charge in [0.25, 0.3) is 0 Å². The maximum atomic E-state index is 5.68. The van der Waals surface area contributed by atoms with Crippen molar-refractivity contribution in [3.8, 4) is 0 Å². The first-order valence-corrected chi connectivity index (χ1v) is 8.11. The fourth-order valence-corrected chi connectivity index (χ4v) is 3.46. The number of nitrogens with one attached hydrogen (secondary N) is 1. The number of hydrogen-bond donors (Lipinski definition) is 2. The lowest BCUT2D eigenvalue weighted by molar-refractivity contribution is 0.321. The van der Waals surface area contributed by atoms with E-state index in [0.717, 1.165) is 37.7 Å². The lowest BCUT2D eigenvalue weighted by atomic mass is 10.1. The minimum atomic E-state index is 0. The van der Waals surface area contributed by atoms with Gasteiger partial charge < -0.3 is 11.1 Å². The van der Waals surface area contributed by atoms with E-state index >= 15 is 0 Å². The van der Waals surface area contributed by atoms with Gasteiger partial charge in [0.1, 0.15) is 5.82 Å². The van der Waals surface area contributed by atoms with Gasteiger partial charge in [0.2, 0.25) is 0 Å². The first-order chi connectivity index (χ1) is 10.2. The molecule has 0 aliphatic carbocycles. The molecule has 0 spiro atoms. The molecule has 3 rings (SSSR count). The highest BCUT2D eigenvalue weighted by Gasteiger charge is 2.22. The molecule has 1 aliphatic heterocycles. The Morgan fingerprint density at radius 1 is 1.45 bits per heavy atom. The number of aryl methyl sites for hydroxylation is 1. The van der Waals surface area contributed by atoms with E-state index < -0.39 is 0 Å². The van der Waals surface area contributed by atoms with Crippen LogP contribution in [0.3, 0.4) is 0 Å². The molecule has 0 radical (unpaired) electrons. The average Bonchev–Trinajstić information content (AvgIpc) is 3.06. The Morgan fingerprint density at radius 2 is 2.32 bits per heavy atom. The fourth-order valence-electron chi connectivity index (χ4n) is 2.73. The van der Waals surface area contributed by atoms with Crippen molar-refractivity contribution in [3.63, 3.8) is 0 Å². The van der Waals surface area contributed by atoms with Crippen molar-refractivity contribution in [2.24, 2.45) is 5.92 Å². The minimum absolute atomic E-state index is 0.